The van der Waals surface area contributed by atoms with E-state index in [0.29, 0.717) is 12.5 Å². The number of hydrogen-bond acceptors (Lipinski definition) is 4. The van der Waals surface area contributed by atoms with Gasteiger partial charge in [0.15, 0.2) is 0 Å². The molecule has 1 aliphatic rings. The molecule has 0 aliphatic heterocycles. The minimum absolute atomic E-state index is 0.302. The Bertz CT molecular complexity index is 390. The van der Waals surface area contributed by atoms with E-state index in [0.717, 1.165) is 43.9 Å². The average molecular weight is 238 g/mol. The summed E-state index contributed by atoms with van der Waals surface area (Å²) < 4.78 is 1.92. The molecule has 0 spiro atoms. The molecular weight excluding hydrogens is 216 g/mol. The molecule has 5 nitrogen and oxygen atoms in total. The Hall–Kier alpha value is -0.940. The van der Waals surface area contributed by atoms with E-state index >= 15 is 0 Å². The second-order valence-corrected chi connectivity index (χ2v) is 5.11. The summed E-state index contributed by atoms with van der Waals surface area (Å²) in [6, 6.07) is 0. The van der Waals surface area contributed by atoms with Crippen LogP contribution in [-0.4, -0.2) is 32.0 Å². The minimum Gasteiger partial charge on any atom is -0.388 e. The highest BCUT2D eigenvalue weighted by molar-refractivity contribution is 4.94. The van der Waals surface area contributed by atoms with Crippen molar-refractivity contribution < 1.29 is 5.11 Å². The fraction of sp³-hybridized carbons (Fsp3) is 0.833. The lowest BCUT2D eigenvalue weighted by Crippen LogP contribution is -2.41. The molecule has 3 N–H and O–H groups in total. The Morgan fingerprint density at radius 1 is 1.53 bits per heavy atom. The molecule has 2 rings (SSSR count). The van der Waals surface area contributed by atoms with Crippen LogP contribution in [0.15, 0.2) is 0 Å². The molecule has 17 heavy (non-hydrogen) atoms. The third-order valence-corrected chi connectivity index (χ3v) is 3.93. The molecule has 0 aromatic carbocycles. The Labute approximate surface area is 102 Å². The first kappa shape index (κ1) is 12.5. The number of aromatic nitrogens is 3. The van der Waals surface area contributed by atoms with Crippen molar-refractivity contribution in [1.29, 1.82) is 0 Å². The van der Waals surface area contributed by atoms with E-state index in [-0.39, 0.29) is 0 Å². The molecule has 1 aromatic heterocycles. The minimum atomic E-state index is -0.649. The molecule has 1 fully saturated rings. The van der Waals surface area contributed by atoms with Crippen LogP contribution in [0.1, 0.15) is 37.3 Å². The van der Waals surface area contributed by atoms with Crippen molar-refractivity contribution >= 4 is 0 Å². The summed E-state index contributed by atoms with van der Waals surface area (Å²) in [5.74, 6) is 2.05. The molecule has 0 saturated heterocycles. The maximum atomic E-state index is 10.3. The van der Waals surface area contributed by atoms with Gasteiger partial charge in [0.2, 0.25) is 0 Å². The molecule has 0 radical (unpaired) electrons. The number of aliphatic hydroxyl groups is 1. The van der Waals surface area contributed by atoms with E-state index in [2.05, 4.69) is 10.1 Å². The SMILES string of the molecule is Cc1nc(C)n(CCC2CCCC2(O)CN)n1. The second-order valence-electron chi connectivity index (χ2n) is 5.11. The van der Waals surface area contributed by atoms with Crippen molar-refractivity contribution in [1.82, 2.24) is 14.8 Å². The first-order chi connectivity index (χ1) is 8.05. The van der Waals surface area contributed by atoms with Crippen LogP contribution in [0, 0.1) is 19.8 Å². The fourth-order valence-corrected chi connectivity index (χ4v) is 2.86. The largest absolute Gasteiger partial charge is 0.388 e. The first-order valence-corrected chi connectivity index (χ1v) is 6.35. The molecule has 96 valence electrons. The van der Waals surface area contributed by atoms with Crippen LogP contribution >= 0.6 is 0 Å². The van der Waals surface area contributed by atoms with Crippen LogP contribution in [0.2, 0.25) is 0 Å². The van der Waals surface area contributed by atoms with E-state index in [4.69, 9.17) is 5.73 Å². The van der Waals surface area contributed by atoms with Crippen LogP contribution in [0.5, 0.6) is 0 Å². The molecule has 0 bridgehead atoms. The summed E-state index contributed by atoms with van der Waals surface area (Å²) in [5, 5.41) is 14.7. The molecule has 0 amide bonds. The molecule has 2 unspecified atom stereocenters. The van der Waals surface area contributed by atoms with Gasteiger partial charge in [-0.25, -0.2) is 4.98 Å². The number of rotatable bonds is 4. The Balaban J connectivity index is 1.96. The third-order valence-electron chi connectivity index (χ3n) is 3.93. The Morgan fingerprint density at radius 2 is 2.29 bits per heavy atom. The summed E-state index contributed by atoms with van der Waals surface area (Å²) in [4.78, 5) is 4.28. The third kappa shape index (κ3) is 2.50. The summed E-state index contributed by atoms with van der Waals surface area (Å²) in [7, 11) is 0. The van der Waals surface area contributed by atoms with Gasteiger partial charge in [-0.15, -0.1) is 0 Å². The van der Waals surface area contributed by atoms with Crippen molar-refractivity contribution in [2.75, 3.05) is 6.54 Å². The van der Waals surface area contributed by atoms with Crippen LogP contribution in [0.4, 0.5) is 0 Å². The molecule has 1 aromatic rings. The maximum absolute atomic E-state index is 10.3. The van der Waals surface area contributed by atoms with E-state index in [1.54, 1.807) is 0 Å². The van der Waals surface area contributed by atoms with Gasteiger partial charge in [-0.1, -0.05) is 6.42 Å². The number of nitrogens with zero attached hydrogens (tertiary/aromatic N) is 3. The van der Waals surface area contributed by atoms with Gasteiger partial charge in [-0.3, -0.25) is 4.68 Å². The van der Waals surface area contributed by atoms with E-state index in [1.807, 2.05) is 18.5 Å². The highest BCUT2D eigenvalue weighted by atomic mass is 16.3. The van der Waals surface area contributed by atoms with Gasteiger partial charge in [0, 0.05) is 13.1 Å². The lowest BCUT2D eigenvalue weighted by Gasteiger charge is -2.28. The lowest BCUT2D eigenvalue weighted by atomic mass is 9.88. The molecule has 2 atom stereocenters. The molecule has 1 aliphatic carbocycles. The standard InChI is InChI=1S/C12H22N4O/c1-9-14-10(2)16(15-9)7-5-11-4-3-6-12(11,17)8-13/h11,17H,3-8,13H2,1-2H3. The second kappa shape index (κ2) is 4.74. The molecule has 5 heteroatoms. The smallest absolute Gasteiger partial charge is 0.147 e. The predicted octanol–water partition coefficient (Wildman–Crippen LogP) is 0.775. The number of hydrogen-bond donors (Lipinski definition) is 2. The van der Waals surface area contributed by atoms with Gasteiger partial charge in [-0.05, 0) is 39.0 Å². The monoisotopic (exact) mass is 238 g/mol. The van der Waals surface area contributed by atoms with E-state index in [1.165, 1.54) is 0 Å². The van der Waals surface area contributed by atoms with Crippen molar-refractivity contribution in [2.45, 2.75) is 51.7 Å². The number of aryl methyl sites for hydroxylation is 3. The van der Waals surface area contributed by atoms with Gasteiger partial charge in [0.1, 0.15) is 11.6 Å². The zero-order valence-electron chi connectivity index (χ0n) is 10.7. The van der Waals surface area contributed by atoms with Crippen LogP contribution in [-0.2, 0) is 6.54 Å². The van der Waals surface area contributed by atoms with Crippen LogP contribution in [0.3, 0.4) is 0 Å². The van der Waals surface area contributed by atoms with Gasteiger partial charge < -0.3 is 10.8 Å². The molecule has 1 heterocycles. The van der Waals surface area contributed by atoms with Gasteiger partial charge in [-0.2, -0.15) is 5.10 Å². The predicted molar refractivity (Wildman–Crippen MR) is 65.5 cm³/mol. The fourth-order valence-electron chi connectivity index (χ4n) is 2.86. The summed E-state index contributed by atoms with van der Waals surface area (Å²) in [6.45, 7) is 5.05. The van der Waals surface area contributed by atoms with Crippen molar-refractivity contribution in [3.05, 3.63) is 11.6 Å². The van der Waals surface area contributed by atoms with E-state index in [9.17, 15) is 5.11 Å². The van der Waals surface area contributed by atoms with Gasteiger partial charge in [0.25, 0.3) is 0 Å². The number of nitrogens with two attached hydrogens (primary N) is 1. The highest BCUT2D eigenvalue weighted by Gasteiger charge is 2.39. The highest BCUT2D eigenvalue weighted by Crippen LogP contribution is 2.37. The summed E-state index contributed by atoms with van der Waals surface area (Å²) >= 11 is 0. The summed E-state index contributed by atoms with van der Waals surface area (Å²) in [5.41, 5.74) is 5.03. The van der Waals surface area contributed by atoms with Crippen LogP contribution in [0.25, 0.3) is 0 Å². The van der Waals surface area contributed by atoms with Gasteiger partial charge in [0.05, 0.1) is 5.60 Å². The lowest BCUT2D eigenvalue weighted by molar-refractivity contribution is 0.00621. The first-order valence-electron chi connectivity index (χ1n) is 6.35. The van der Waals surface area contributed by atoms with E-state index < -0.39 is 5.60 Å². The van der Waals surface area contributed by atoms with Crippen molar-refractivity contribution in [3.8, 4) is 0 Å². The average Bonchev–Trinajstić information content (AvgIpc) is 2.80. The molecule has 1 saturated carbocycles. The normalized spacial score (nSPS) is 28.8. The Kier molecular flexibility index (Phi) is 3.49. The summed E-state index contributed by atoms with van der Waals surface area (Å²) in [6.07, 6.45) is 3.91. The van der Waals surface area contributed by atoms with Crippen molar-refractivity contribution in [3.63, 3.8) is 0 Å². The van der Waals surface area contributed by atoms with Crippen molar-refractivity contribution in [2.24, 2.45) is 11.7 Å². The zero-order chi connectivity index (χ0) is 12.5. The Morgan fingerprint density at radius 3 is 2.88 bits per heavy atom. The topological polar surface area (TPSA) is 77.0 Å². The quantitative estimate of drug-likeness (QED) is 0.812. The van der Waals surface area contributed by atoms with Crippen LogP contribution < -0.4 is 5.73 Å². The zero-order valence-corrected chi connectivity index (χ0v) is 10.7. The molecular formula is C12H22N4O. The maximum Gasteiger partial charge on any atom is 0.147 e. The van der Waals surface area contributed by atoms with Gasteiger partial charge >= 0.3 is 0 Å².